The predicted molar refractivity (Wildman–Crippen MR) is 47.4 cm³/mol. The average Bonchev–Trinajstić information content (AvgIpc) is 2.47. The molecule has 0 spiro atoms. The van der Waals surface area contributed by atoms with Gasteiger partial charge in [0.25, 0.3) is 10.1 Å². The number of hydrogen-bond acceptors (Lipinski definition) is 5. The van der Waals surface area contributed by atoms with E-state index in [2.05, 4.69) is 5.10 Å². The first-order chi connectivity index (χ1) is 6.54. The van der Waals surface area contributed by atoms with Gasteiger partial charge in [0.05, 0.1) is 19.0 Å². The van der Waals surface area contributed by atoms with Crippen molar-refractivity contribution < 1.29 is 17.3 Å². The molecule has 0 amide bonds. The maximum atomic E-state index is 10.8. The van der Waals surface area contributed by atoms with Crippen LogP contribution in [0.3, 0.4) is 0 Å². The van der Waals surface area contributed by atoms with Gasteiger partial charge in [0.2, 0.25) is 5.88 Å². The summed E-state index contributed by atoms with van der Waals surface area (Å²) in [7, 11) is -3.43. The fourth-order valence-electron chi connectivity index (χ4n) is 1.31. The molecule has 0 aliphatic carbocycles. The third kappa shape index (κ3) is 2.05. The summed E-state index contributed by atoms with van der Waals surface area (Å²) in [6, 6.07) is 1.72. The quantitative estimate of drug-likeness (QED) is 0.633. The zero-order chi connectivity index (χ0) is 10.2. The van der Waals surface area contributed by atoms with Gasteiger partial charge < -0.3 is 4.74 Å². The van der Waals surface area contributed by atoms with E-state index >= 15 is 0 Å². The lowest BCUT2D eigenvalue weighted by Crippen LogP contribution is -2.34. The van der Waals surface area contributed by atoms with E-state index in [0.717, 1.165) is 6.26 Å². The lowest BCUT2D eigenvalue weighted by Gasteiger charge is -2.22. The Kier molecular flexibility index (Phi) is 2.20. The number of rotatable bonds is 2. The van der Waals surface area contributed by atoms with Crippen LogP contribution in [0.4, 0.5) is 0 Å². The van der Waals surface area contributed by atoms with Crippen LogP contribution in [0.15, 0.2) is 12.3 Å². The minimum atomic E-state index is -3.43. The molecular formula is C7H10N2O4S. The molecule has 7 heteroatoms. The topological polar surface area (TPSA) is 70.4 Å². The average molecular weight is 218 g/mol. The van der Waals surface area contributed by atoms with Crippen LogP contribution in [0.1, 0.15) is 0 Å². The van der Waals surface area contributed by atoms with E-state index in [4.69, 9.17) is 8.92 Å². The van der Waals surface area contributed by atoms with Crippen molar-refractivity contribution in [2.45, 2.75) is 12.6 Å². The van der Waals surface area contributed by atoms with Crippen LogP contribution in [0.2, 0.25) is 0 Å². The molecule has 0 saturated carbocycles. The van der Waals surface area contributed by atoms with Crippen molar-refractivity contribution in [1.82, 2.24) is 9.78 Å². The highest BCUT2D eigenvalue weighted by Gasteiger charge is 2.23. The highest BCUT2D eigenvalue weighted by molar-refractivity contribution is 7.86. The van der Waals surface area contributed by atoms with Crippen LogP contribution in [-0.2, 0) is 20.8 Å². The Morgan fingerprint density at radius 1 is 1.71 bits per heavy atom. The van der Waals surface area contributed by atoms with E-state index in [1.807, 2.05) is 0 Å². The normalized spacial score (nSPS) is 21.4. The van der Waals surface area contributed by atoms with Gasteiger partial charge in [-0.15, -0.1) is 0 Å². The molecule has 1 aromatic rings. The largest absolute Gasteiger partial charge is 0.475 e. The van der Waals surface area contributed by atoms with Gasteiger partial charge in [-0.2, -0.15) is 13.5 Å². The molecule has 0 bridgehead atoms. The van der Waals surface area contributed by atoms with E-state index in [1.54, 1.807) is 16.9 Å². The zero-order valence-electron chi connectivity index (χ0n) is 7.58. The van der Waals surface area contributed by atoms with Crippen molar-refractivity contribution in [3.05, 3.63) is 12.3 Å². The molecular weight excluding hydrogens is 208 g/mol. The summed E-state index contributed by atoms with van der Waals surface area (Å²) in [5, 5.41) is 3.95. The zero-order valence-corrected chi connectivity index (χ0v) is 8.40. The minimum Gasteiger partial charge on any atom is -0.475 e. The Hall–Kier alpha value is -1.08. The van der Waals surface area contributed by atoms with Gasteiger partial charge in [-0.3, -0.25) is 4.18 Å². The standard InChI is InChI=1S/C7H10N2O4S/c1-14(10,11)13-6-4-9-7(12-5-6)2-3-8-9/h2-3,6H,4-5H2,1H3/t6-/m0/s1. The summed E-state index contributed by atoms with van der Waals surface area (Å²) in [5.74, 6) is 0.637. The maximum absolute atomic E-state index is 10.8. The Labute approximate surface area is 81.6 Å². The Morgan fingerprint density at radius 2 is 2.50 bits per heavy atom. The van der Waals surface area contributed by atoms with Crippen LogP contribution >= 0.6 is 0 Å². The lowest BCUT2D eigenvalue weighted by molar-refractivity contribution is 0.0797. The first-order valence-electron chi connectivity index (χ1n) is 4.07. The molecule has 2 rings (SSSR count). The van der Waals surface area contributed by atoms with E-state index in [9.17, 15) is 8.42 Å². The van der Waals surface area contributed by atoms with Gasteiger partial charge in [-0.25, -0.2) is 4.68 Å². The number of fused-ring (bicyclic) bond motifs is 1. The number of ether oxygens (including phenoxy) is 1. The number of hydrogen-bond donors (Lipinski definition) is 0. The summed E-state index contributed by atoms with van der Waals surface area (Å²) >= 11 is 0. The highest BCUT2D eigenvalue weighted by Crippen LogP contribution is 2.17. The molecule has 78 valence electrons. The summed E-state index contributed by atoms with van der Waals surface area (Å²) < 4.78 is 33.3. The fourth-order valence-corrected chi connectivity index (χ4v) is 1.92. The SMILES string of the molecule is CS(=O)(=O)O[C@@H]1COc2ccnn2C1. The molecule has 0 aromatic carbocycles. The van der Waals surface area contributed by atoms with Crippen LogP contribution < -0.4 is 4.74 Å². The smallest absolute Gasteiger partial charge is 0.264 e. The third-order valence-electron chi connectivity index (χ3n) is 1.78. The molecule has 1 atom stereocenters. The first kappa shape index (κ1) is 9.47. The first-order valence-corrected chi connectivity index (χ1v) is 5.89. The van der Waals surface area contributed by atoms with Gasteiger partial charge in [0, 0.05) is 6.07 Å². The number of aromatic nitrogens is 2. The van der Waals surface area contributed by atoms with Gasteiger partial charge in [0.1, 0.15) is 12.7 Å². The molecule has 0 radical (unpaired) electrons. The van der Waals surface area contributed by atoms with Crippen LogP contribution in [0, 0.1) is 0 Å². The van der Waals surface area contributed by atoms with E-state index < -0.39 is 16.2 Å². The van der Waals surface area contributed by atoms with Crippen LogP contribution in [0.5, 0.6) is 5.88 Å². The van der Waals surface area contributed by atoms with E-state index in [-0.39, 0.29) is 6.61 Å². The minimum absolute atomic E-state index is 0.235. The van der Waals surface area contributed by atoms with Crippen molar-refractivity contribution in [1.29, 1.82) is 0 Å². The number of nitrogens with zero attached hydrogens (tertiary/aromatic N) is 2. The van der Waals surface area contributed by atoms with Crippen molar-refractivity contribution in [2.24, 2.45) is 0 Å². The van der Waals surface area contributed by atoms with Crippen molar-refractivity contribution in [3.8, 4) is 5.88 Å². The molecule has 0 saturated heterocycles. The second-order valence-electron chi connectivity index (χ2n) is 3.08. The van der Waals surface area contributed by atoms with Crippen molar-refractivity contribution in [2.75, 3.05) is 12.9 Å². The monoisotopic (exact) mass is 218 g/mol. The van der Waals surface area contributed by atoms with Gasteiger partial charge in [0.15, 0.2) is 0 Å². The summed E-state index contributed by atoms with van der Waals surface area (Å²) in [6.45, 7) is 0.633. The lowest BCUT2D eigenvalue weighted by atomic mass is 10.3. The fraction of sp³-hybridized carbons (Fsp3) is 0.571. The molecule has 1 aliphatic heterocycles. The molecule has 0 unspecified atom stereocenters. The molecule has 0 N–H and O–H groups in total. The van der Waals surface area contributed by atoms with Crippen molar-refractivity contribution in [3.63, 3.8) is 0 Å². The predicted octanol–water partition coefficient (Wildman–Crippen LogP) is -0.380. The van der Waals surface area contributed by atoms with Crippen LogP contribution in [0.25, 0.3) is 0 Å². The second kappa shape index (κ2) is 3.25. The highest BCUT2D eigenvalue weighted by atomic mass is 32.2. The maximum Gasteiger partial charge on any atom is 0.264 e. The second-order valence-corrected chi connectivity index (χ2v) is 4.69. The Morgan fingerprint density at radius 3 is 3.21 bits per heavy atom. The van der Waals surface area contributed by atoms with Gasteiger partial charge in [-0.1, -0.05) is 0 Å². The van der Waals surface area contributed by atoms with E-state index in [0.29, 0.717) is 12.4 Å². The Balaban J connectivity index is 2.08. The molecule has 2 heterocycles. The molecule has 1 aromatic heterocycles. The van der Waals surface area contributed by atoms with Gasteiger partial charge in [-0.05, 0) is 0 Å². The third-order valence-corrected chi connectivity index (χ3v) is 2.40. The van der Waals surface area contributed by atoms with E-state index in [1.165, 1.54) is 0 Å². The molecule has 0 fully saturated rings. The molecule has 1 aliphatic rings. The Bertz CT molecular complexity index is 425. The summed E-state index contributed by atoms with van der Waals surface area (Å²) in [5.41, 5.74) is 0. The molecule has 6 nitrogen and oxygen atoms in total. The van der Waals surface area contributed by atoms with Crippen LogP contribution in [-0.4, -0.2) is 37.2 Å². The van der Waals surface area contributed by atoms with Gasteiger partial charge >= 0.3 is 0 Å². The molecule has 14 heavy (non-hydrogen) atoms. The summed E-state index contributed by atoms with van der Waals surface area (Å²) in [4.78, 5) is 0. The summed E-state index contributed by atoms with van der Waals surface area (Å²) in [6.07, 6.45) is 2.13. The van der Waals surface area contributed by atoms with Crippen molar-refractivity contribution >= 4 is 10.1 Å².